The summed E-state index contributed by atoms with van der Waals surface area (Å²) in [4.78, 5) is 11.7. The van der Waals surface area contributed by atoms with Gasteiger partial charge in [-0.2, -0.15) is 0 Å². The minimum absolute atomic E-state index is 0.00652. The molecule has 1 aromatic rings. The molecule has 1 aromatic carbocycles. The molecule has 0 aliphatic carbocycles. The quantitative estimate of drug-likeness (QED) is 0.839. The van der Waals surface area contributed by atoms with Gasteiger partial charge < -0.3 is 5.32 Å². The van der Waals surface area contributed by atoms with Crippen LogP contribution in [0.1, 0.15) is 38.1 Å². The Labute approximate surface area is 111 Å². The van der Waals surface area contributed by atoms with Crippen LogP contribution in [0.4, 0.5) is 13.2 Å². The summed E-state index contributed by atoms with van der Waals surface area (Å²) in [5.41, 5.74) is -0.218. The molecule has 0 aromatic heterocycles. The van der Waals surface area contributed by atoms with Crippen LogP contribution in [0, 0.1) is 28.8 Å². The zero-order valence-electron chi connectivity index (χ0n) is 11.5. The molecule has 5 heteroatoms. The second-order valence-corrected chi connectivity index (χ2v) is 5.73. The first-order chi connectivity index (χ1) is 8.62. The lowest BCUT2D eigenvalue weighted by Gasteiger charge is -2.27. The van der Waals surface area contributed by atoms with Crippen LogP contribution in [-0.2, 0) is 0 Å². The Hall–Kier alpha value is -1.52. The van der Waals surface area contributed by atoms with Crippen molar-refractivity contribution in [3.05, 3.63) is 35.1 Å². The van der Waals surface area contributed by atoms with Gasteiger partial charge in [-0.3, -0.25) is 4.79 Å². The van der Waals surface area contributed by atoms with Crippen molar-refractivity contribution in [2.75, 3.05) is 6.54 Å². The van der Waals surface area contributed by atoms with Gasteiger partial charge in [0.25, 0.3) is 5.91 Å². The highest BCUT2D eigenvalue weighted by Crippen LogP contribution is 2.24. The lowest BCUT2D eigenvalue weighted by atomic mass is 9.82. The van der Waals surface area contributed by atoms with E-state index < -0.39 is 23.4 Å². The number of carbonyl (C=O) groups is 1. The van der Waals surface area contributed by atoms with Crippen molar-refractivity contribution in [1.29, 1.82) is 0 Å². The van der Waals surface area contributed by atoms with Gasteiger partial charge in [-0.25, -0.2) is 13.2 Å². The van der Waals surface area contributed by atoms with E-state index in [0.717, 1.165) is 0 Å². The molecule has 0 aliphatic rings. The number of amides is 1. The molecule has 0 saturated carbocycles. The fraction of sp³-hybridized carbons (Fsp3) is 0.500. The topological polar surface area (TPSA) is 29.1 Å². The minimum atomic E-state index is -1.57. The summed E-state index contributed by atoms with van der Waals surface area (Å²) in [5.74, 6) is -4.73. The average Bonchev–Trinajstić information content (AvgIpc) is 2.30. The average molecular weight is 273 g/mol. The second kappa shape index (κ2) is 5.63. The molecule has 0 saturated heterocycles. The summed E-state index contributed by atoms with van der Waals surface area (Å²) < 4.78 is 38.7. The second-order valence-electron chi connectivity index (χ2n) is 5.73. The third kappa shape index (κ3) is 3.98. The molecule has 1 N–H and O–H groups in total. The van der Waals surface area contributed by atoms with E-state index in [4.69, 9.17) is 0 Å². The van der Waals surface area contributed by atoms with E-state index in [9.17, 15) is 18.0 Å². The van der Waals surface area contributed by atoms with Gasteiger partial charge in [-0.1, -0.05) is 27.7 Å². The molecule has 1 unspecified atom stereocenters. The molecule has 0 bridgehead atoms. The van der Waals surface area contributed by atoms with Gasteiger partial charge in [-0.15, -0.1) is 0 Å². The van der Waals surface area contributed by atoms with Crippen molar-refractivity contribution in [2.45, 2.75) is 27.7 Å². The predicted molar refractivity (Wildman–Crippen MR) is 67.3 cm³/mol. The maximum absolute atomic E-state index is 13.0. The number of rotatable bonds is 3. The standard InChI is InChI=1S/C14H18F3NO/c1-8(14(2,3)4)7-18-13(19)9-5-10(15)12(17)11(16)6-9/h5-6,8H,7H2,1-4H3,(H,18,19). The van der Waals surface area contributed by atoms with Crippen LogP contribution in [0.2, 0.25) is 0 Å². The van der Waals surface area contributed by atoms with Gasteiger partial charge >= 0.3 is 0 Å². The van der Waals surface area contributed by atoms with E-state index in [0.29, 0.717) is 18.7 Å². The van der Waals surface area contributed by atoms with Crippen LogP contribution in [0.15, 0.2) is 12.1 Å². The molecule has 1 rings (SSSR count). The van der Waals surface area contributed by atoms with Crippen molar-refractivity contribution in [2.24, 2.45) is 11.3 Å². The highest BCUT2D eigenvalue weighted by Gasteiger charge is 2.21. The number of nitrogens with one attached hydrogen (secondary N) is 1. The van der Waals surface area contributed by atoms with E-state index in [1.54, 1.807) is 0 Å². The number of benzene rings is 1. The largest absolute Gasteiger partial charge is 0.352 e. The Balaban J connectivity index is 2.75. The van der Waals surface area contributed by atoms with Crippen LogP contribution in [0.25, 0.3) is 0 Å². The van der Waals surface area contributed by atoms with Crippen LogP contribution in [-0.4, -0.2) is 12.5 Å². The molecule has 0 fully saturated rings. The Bertz CT molecular complexity index is 457. The summed E-state index contributed by atoms with van der Waals surface area (Å²) in [7, 11) is 0. The molecule has 19 heavy (non-hydrogen) atoms. The van der Waals surface area contributed by atoms with Crippen molar-refractivity contribution in [1.82, 2.24) is 5.32 Å². The van der Waals surface area contributed by atoms with Crippen molar-refractivity contribution < 1.29 is 18.0 Å². The molecular formula is C14H18F3NO. The smallest absolute Gasteiger partial charge is 0.251 e. The molecule has 2 nitrogen and oxygen atoms in total. The molecule has 1 amide bonds. The SMILES string of the molecule is CC(CNC(=O)c1cc(F)c(F)c(F)c1)C(C)(C)C. The van der Waals surface area contributed by atoms with Gasteiger partial charge in [0, 0.05) is 12.1 Å². The van der Waals surface area contributed by atoms with Gasteiger partial charge in [0.05, 0.1) is 0 Å². The van der Waals surface area contributed by atoms with Crippen LogP contribution < -0.4 is 5.32 Å². The zero-order valence-corrected chi connectivity index (χ0v) is 11.5. The Morgan fingerprint density at radius 3 is 2.11 bits per heavy atom. The Morgan fingerprint density at radius 2 is 1.68 bits per heavy atom. The van der Waals surface area contributed by atoms with Gasteiger partial charge in [-0.05, 0) is 23.5 Å². The van der Waals surface area contributed by atoms with Crippen LogP contribution in [0.5, 0.6) is 0 Å². The normalized spacial score (nSPS) is 13.2. The van der Waals surface area contributed by atoms with Crippen molar-refractivity contribution >= 4 is 5.91 Å². The zero-order chi connectivity index (χ0) is 14.8. The first kappa shape index (κ1) is 15.5. The summed E-state index contributed by atoms with van der Waals surface area (Å²) in [6, 6.07) is 1.38. The third-order valence-corrected chi connectivity index (χ3v) is 3.29. The number of hydrogen-bond acceptors (Lipinski definition) is 1. The lowest BCUT2D eigenvalue weighted by Crippen LogP contribution is -2.33. The molecular weight excluding hydrogens is 255 g/mol. The van der Waals surface area contributed by atoms with Crippen molar-refractivity contribution in [3.8, 4) is 0 Å². The fourth-order valence-corrected chi connectivity index (χ4v) is 1.34. The Kier molecular flexibility index (Phi) is 4.61. The van der Waals surface area contributed by atoms with E-state index in [1.807, 2.05) is 27.7 Å². The summed E-state index contributed by atoms with van der Waals surface area (Å²) >= 11 is 0. The van der Waals surface area contributed by atoms with E-state index in [1.165, 1.54) is 0 Å². The number of carbonyl (C=O) groups excluding carboxylic acids is 1. The molecule has 0 aliphatic heterocycles. The first-order valence-electron chi connectivity index (χ1n) is 6.05. The molecule has 1 atom stereocenters. The molecule has 0 heterocycles. The van der Waals surface area contributed by atoms with Gasteiger partial charge in [0.15, 0.2) is 17.5 Å². The van der Waals surface area contributed by atoms with E-state index >= 15 is 0 Å². The Morgan fingerprint density at radius 1 is 1.21 bits per heavy atom. The number of halogens is 3. The highest BCUT2D eigenvalue weighted by atomic mass is 19.2. The number of hydrogen-bond donors (Lipinski definition) is 1. The van der Waals surface area contributed by atoms with Gasteiger partial charge in [0.2, 0.25) is 0 Å². The van der Waals surface area contributed by atoms with E-state index in [-0.39, 0.29) is 16.9 Å². The van der Waals surface area contributed by atoms with E-state index in [2.05, 4.69) is 5.32 Å². The van der Waals surface area contributed by atoms with Crippen LogP contribution >= 0.6 is 0 Å². The highest BCUT2D eigenvalue weighted by molar-refractivity contribution is 5.94. The van der Waals surface area contributed by atoms with Gasteiger partial charge in [0.1, 0.15) is 0 Å². The predicted octanol–water partition coefficient (Wildman–Crippen LogP) is 3.52. The minimum Gasteiger partial charge on any atom is -0.352 e. The molecule has 106 valence electrons. The summed E-state index contributed by atoms with van der Waals surface area (Å²) in [6.45, 7) is 8.43. The lowest BCUT2D eigenvalue weighted by molar-refractivity contribution is 0.0936. The first-order valence-corrected chi connectivity index (χ1v) is 6.05. The fourth-order valence-electron chi connectivity index (χ4n) is 1.34. The third-order valence-electron chi connectivity index (χ3n) is 3.29. The van der Waals surface area contributed by atoms with Crippen LogP contribution in [0.3, 0.4) is 0 Å². The molecule has 0 spiro atoms. The maximum Gasteiger partial charge on any atom is 0.251 e. The monoisotopic (exact) mass is 273 g/mol. The summed E-state index contributed by atoms with van der Waals surface area (Å²) in [6.07, 6.45) is 0. The maximum atomic E-state index is 13.0. The summed E-state index contributed by atoms with van der Waals surface area (Å²) in [5, 5.41) is 2.58. The molecule has 0 radical (unpaired) electrons. The van der Waals surface area contributed by atoms with Crippen molar-refractivity contribution in [3.63, 3.8) is 0 Å².